The molecule has 92 valence electrons. The molecule has 0 aromatic carbocycles. The maximum atomic E-state index is 4.47. The summed E-state index contributed by atoms with van der Waals surface area (Å²) >= 11 is 1.66. The predicted octanol–water partition coefficient (Wildman–Crippen LogP) is 2.88. The van der Waals surface area contributed by atoms with Crippen LogP contribution in [0.5, 0.6) is 0 Å². The lowest BCUT2D eigenvalue weighted by molar-refractivity contribution is 0.685. The van der Waals surface area contributed by atoms with Crippen LogP contribution in [0.4, 0.5) is 0 Å². The van der Waals surface area contributed by atoms with Crippen molar-refractivity contribution in [3.05, 3.63) is 48.4 Å². The van der Waals surface area contributed by atoms with Gasteiger partial charge in [-0.3, -0.25) is 4.98 Å². The monoisotopic (exact) mass is 257 g/mol. The van der Waals surface area contributed by atoms with Crippen LogP contribution in [0.2, 0.25) is 0 Å². The van der Waals surface area contributed by atoms with Crippen LogP contribution in [-0.2, 0) is 6.54 Å². The minimum absolute atomic E-state index is 0.746. The molecular weight excluding hydrogens is 242 g/mol. The number of aromatic nitrogens is 2. The average molecular weight is 257 g/mol. The van der Waals surface area contributed by atoms with Crippen LogP contribution in [0.1, 0.15) is 18.4 Å². The van der Waals surface area contributed by atoms with E-state index in [1.54, 1.807) is 24.2 Å². The van der Waals surface area contributed by atoms with Gasteiger partial charge in [0, 0.05) is 36.1 Å². The van der Waals surface area contributed by atoms with Crippen molar-refractivity contribution < 1.29 is 0 Å². The molecule has 2 aromatic heterocycles. The van der Waals surface area contributed by atoms with Gasteiger partial charge in [-0.2, -0.15) is 0 Å². The molecule has 1 aliphatic rings. The first kappa shape index (κ1) is 11.7. The van der Waals surface area contributed by atoms with Crippen molar-refractivity contribution in [2.75, 3.05) is 0 Å². The summed E-state index contributed by atoms with van der Waals surface area (Å²) in [7, 11) is 0. The van der Waals surface area contributed by atoms with Crippen LogP contribution in [0, 0.1) is 0 Å². The van der Waals surface area contributed by atoms with Gasteiger partial charge in [0.05, 0.1) is 0 Å². The van der Waals surface area contributed by atoms with Crippen molar-refractivity contribution in [3.63, 3.8) is 0 Å². The molecule has 0 amide bonds. The molecule has 4 heteroatoms. The number of hydrogen-bond acceptors (Lipinski definition) is 4. The van der Waals surface area contributed by atoms with E-state index < -0.39 is 0 Å². The van der Waals surface area contributed by atoms with Crippen molar-refractivity contribution in [3.8, 4) is 0 Å². The van der Waals surface area contributed by atoms with E-state index in [9.17, 15) is 0 Å². The second kappa shape index (κ2) is 5.50. The fraction of sp³-hybridized carbons (Fsp3) is 0.286. The van der Waals surface area contributed by atoms with E-state index >= 15 is 0 Å². The highest BCUT2D eigenvalue weighted by molar-refractivity contribution is 7.99. The molecule has 1 fully saturated rings. The first-order valence-electron chi connectivity index (χ1n) is 6.16. The van der Waals surface area contributed by atoms with E-state index in [2.05, 4.69) is 27.4 Å². The second-order valence-corrected chi connectivity index (χ2v) is 5.54. The van der Waals surface area contributed by atoms with Crippen LogP contribution in [0.3, 0.4) is 0 Å². The zero-order chi connectivity index (χ0) is 12.2. The van der Waals surface area contributed by atoms with Crippen LogP contribution < -0.4 is 5.32 Å². The SMILES string of the molecule is c1cc(Sc2ccc(CNC3CC3)cn2)ccn1. The third-order valence-corrected chi connectivity index (χ3v) is 3.80. The van der Waals surface area contributed by atoms with Crippen molar-refractivity contribution in [2.45, 2.75) is 35.3 Å². The van der Waals surface area contributed by atoms with Gasteiger partial charge in [-0.05, 0) is 36.6 Å². The minimum Gasteiger partial charge on any atom is -0.310 e. The van der Waals surface area contributed by atoms with Crippen LogP contribution in [0.25, 0.3) is 0 Å². The maximum absolute atomic E-state index is 4.47. The Hall–Kier alpha value is -1.39. The Labute approximate surface area is 111 Å². The molecular formula is C14H15N3S. The van der Waals surface area contributed by atoms with Gasteiger partial charge in [-0.1, -0.05) is 17.8 Å². The topological polar surface area (TPSA) is 37.8 Å². The van der Waals surface area contributed by atoms with Gasteiger partial charge in [-0.15, -0.1) is 0 Å². The summed E-state index contributed by atoms with van der Waals surface area (Å²) in [5.41, 5.74) is 1.25. The van der Waals surface area contributed by atoms with Gasteiger partial charge < -0.3 is 5.32 Å². The molecule has 3 rings (SSSR count). The Kier molecular flexibility index (Phi) is 3.57. The number of pyridine rings is 2. The molecule has 0 aliphatic heterocycles. The van der Waals surface area contributed by atoms with Gasteiger partial charge in [0.1, 0.15) is 5.03 Å². The van der Waals surface area contributed by atoms with Gasteiger partial charge in [0.15, 0.2) is 0 Å². The summed E-state index contributed by atoms with van der Waals surface area (Å²) in [4.78, 5) is 9.65. The molecule has 1 N–H and O–H groups in total. The van der Waals surface area contributed by atoms with E-state index in [1.807, 2.05) is 18.3 Å². The average Bonchev–Trinajstić information content (AvgIpc) is 3.23. The molecule has 3 nitrogen and oxygen atoms in total. The van der Waals surface area contributed by atoms with E-state index in [-0.39, 0.29) is 0 Å². The highest BCUT2D eigenvalue weighted by Crippen LogP contribution is 2.25. The largest absolute Gasteiger partial charge is 0.310 e. The van der Waals surface area contributed by atoms with Crippen LogP contribution >= 0.6 is 11.8 Å². The molecule has 0 atom stereocenters. The molecule has 2 aromatic rings. The van der Waals surface area contributed by atoms with Crippen LogP contribution in [-0.4, -0.2) is 16.0 Å². The summed E-state index contributed by atoms with van der Waals surface area (Å²) < 4.78 is 0. The number of nitrogens with one attached hydrogen (secondary N) is 1. The Bertz CT molecular complexity index is 494. The van der Waals surface area contributed by atoms with Gasteiger partial charge in [-0.25, -0.2) is 4.98 Å². The molecule has 1 aliphatic carbocycles. The van der Waals surface area contributed by atoms with E-state index in [1.165, 1.54) is 23.3 Å². The number of nitrogens with zero attached hydrogens (tertiary/aromatic N) is 2. The molecule has 1 saturated carbocycles. The fourth-order valence-electron chi connectivity index (χ4n) is 1.65. The van der Waals surface area contributed by atoms with E-state index in [0.29, 0.717) is 0 Å². The number of hydrogen-bond donors (Lipinski definition) is 1. The van der Waals surface area contributed by atoms with Gasteiger partial charge >= 0.3 is 0 Å². The Morgan fingerprint density at radius 3 is 2.67 bits per heavy atom. The van der Waals surface area contributed by atoms with Crippen molar-refractivity contribution in [2.24, 2.45) is 0 Å². The Morgan fingerprint density at radius 2 is 2.00 bits per heavy atom. The Morgan fingerprint density at radius 1 is 1.17 bits per heavy atom. The first-order valence-corrected chi connectivity index (χ1v) is 6.98. The zero-order valence-corrected chi connectivity index (χ0v) is 10.9. The molecule has 0 saturated heterocycles. The van der Waals surface area contributed by atoms with E-state index in [4.69, 9.17) is 0 Å². The van der Waals surface area contributed by atoms with Crippen molar-refractivity contribution >= 4 is 11.8 Å². The highest BCUT2D eigenvalue weighted by atomic mass is 32.2. The molecule has 18 heavy (non-hydrogen) atoms. The molecule has 0 bridgehead atoms. The molecule has 2 heterocycles. The maximum Gasteiger partial charge on any atom is 0.101 e. The van der Waals surface area contributed by atoms with Crippen molar-refractivity contribution in [1.29, 1.82) is 0 Å². The number of rotatable bonds is 5. The lowest BCUT2D eigenvalue weighted by Crippen LogP contribution is -2.15. The first-order chi connectivity index (χ1) is 8.90. The second-order valence-electron chi connectivity index (χ2n) is 4.44. The zero-order valence-electron chi connectivity index (χ0n) is 10.0. The van der Waals surface area contributed by atoms with Gasteiger partial charge in [0.2, 0.25) is 0 Å². The molecule has 0 spiro atoms. The van der Waals surface area contributed by atoms with Gasteiger partial charge in [0.25, 0.3) is 0 Å². The quantitative estimate of drug-likeness (QED) is 0.893. The standard InChI is InChI=1S/C14H15N3S/c1-4-14(18-13-5-7-15-8-6-13)17-10-11(1)9-16-12-2-3-12/h1,4-8,10,12,16H,2-3,9H2. The summed E-state index contributed by atoms with van der Waals surface area (Å²) in [6.45, 7) is 0.928. The summed E-state index contributed by atoms with van der Waals surface area (Å²) in [6.07, 6.45) is 8.21. The summed E-state index contributed by atoms with van der Waals surface area (Å²) in [6, 6.07) is 8.96. The lowest BCUT2D eigenvalue weighted by atomic mass is 10.3. The van der Waals surface area contributed by atoms with Crippen LogP contribution in [0.15, 0.2) is 52.8 Å². The highest BCUT2D eigenvalue weighted by Gasteiger charge is 2.19. The Balaban J connectivity index is 1.59. The predicted molar refractivity (Wildman–Crippen MR) is 72.5 cm³/mol. The summed E-state index contributed by atoms with van der Waals surface area (Å²) in [5.74, 6) is 0. The fourth-order valence-corrected chi connectivity index (χ4v) is 2.39. The third kappa shape index (κ3) is 3.31. The molecule has 0 radical (unpaired) electrons. The normalized spacial score (nSPS) is 14.7. The smallest absolute Gasteiger partial charge is 0.101 e. The van der Waals surface area contributed by atoms with E-state index in [0.717, 1.165) is 17.6 Å². The summed E-state index contributed by atoms with van der Waals surface area (Å²) in [5, 5.41) is 4.51. The minimum atomic E-state index is 0.746. The van der Waals surface area contributed by atoms with Crippen molar-refractivity contribution in [1.82, 2.24) is 15.3 Å². The third-order valence-electron chi connectivity index (χ3n) is 2.84. The molecule has 0 unspecified atom stereocenters. The lowest BCUT2D eigenvalue weighted by Gasteiger charge is -2.04.